The van der Waals surface area contributed by atoms with Gasteiger partial charge >= 0.3 is 0 Å². The summed E-state index contributed by atoms with van der Waals surface area (Å²) < 4.78 is 0. The highest BCUT2D eigenvalue weighted by atomic mass is 32.2. The molecule has 0 radical (unpaired) electrons. The number of rotatable bonds is 4. The molecule has 2 aromatic carbocycles. The van der Waals surface area contributed by atoms with E-state index in [-0.39, 0.29) is 0 Å². The van der Waals surface area contributed by atoms with Gasteiger partial charge in [0.2, 0.25) is 5.16 Å². The van der Waals surface area contributed by atoms with Gasteiger partial charge in [0.15, 0.2) is 0 Å². The minimum Gasteiger partial charge on any atom is -0.262 e. The van der Waals surface area contributed by atoms with Crippen molar-refractivity contribution in [2.45, 2.75) is 29.7 Å². The van der Waals surface area contributed by atoms with Gasteiger partial charge in [-0.15, -0.1) is 5.10 Å². The predicted molar refractivity (Wildman–Crippen MR) is 89.0 cm³/mol. The first-order valence-corrected chi connectivity index (χ1v) is 8.55. The zero-order valence-electron chi connectivity index (χ0n) is 12.2. The number of hydrogen-bond donors (Lipinski definition) is 1. The molecule has 0 amide bonds. The Balaban J connectivity index is 1.48. The Kier molecular flexibility index (Phi) is 3.69. The smallest absolute Gasteiger partial charge is 0.208 e. The number of nitrogens with zero attached hydrogens (tertiary/aromatic N) is 2. The maximum absolute atomic E-state index is 4.70. The van der Waals surface area contributed by atoms with E-state index in [0.717, 1.165) is 29.6 Å². The van der Waals surface area contributed by atoms with Crippen molar-refractivity contribution in [3.05, 3.63) is 77.1 Å². The Morgan fingerprint density at radius 1 is 1.05 bits per heavy atom. The van der Waals surface area contributed by atoms with Gasteiger partial charge in [-0.2, -0.15) is 0 Å². The number of aromatic nitrogens is 3. The van der Waals surface area contributed by atoms with Gasteiger partial charge in [0.05, 0.1) is 0 Å². The van der Waals surface area contributed by atoms with Gasteiger partial charge in [-0.1, -0.05) is 66.4 Å². The van der Waals surface area contributed by atoms with E-state index in [1.807, 2.05) is 6.07 Å². The quantitative estimate of drug-likeness (QED) is 0.735. The SMILES string of the molecule is c1ccc(CSc2n[nH]c(C3CCc4ccccc43)n2)cc1. The van der Waals surface area contributed by atoms with E-state index >= 15 is 0 Å². The van der Waals surface area contributed by atoms with Crippen LogP contribution in [0.15, 0.2) is 59.8 Å². The van der Waals surface area contributed by atoms with Crippen LogP contribution in [0.2, 0.25) is 0 Å². The molecule has 0 fully saturated rings. The van der Waals surface area contributed by atoms with Gasteiger partial charge in [-0.05, 0) is 29.5 Å². The fraction of sp³-hybridized carbons (Fsp3) is 0.222. The fourth-order valence-electron chi connectivity index (χ4n) is 3.04. The molecule has 1 atom stereocenters. The van der Waals surface area contributed by atoms with Crippen molar-refractivity contribution in [1.29, 1.82) is 0 Å². The lowest BCUT2D eigenvalue weighted by Crippen LogP contribution is -1.98. The van der Waals surface area contributed by atoms with E-state index in [0.29, 0.717) is 5.92 Å². The van der Waals surface area contributed by atoms with Gasteiger partial charge in [0.1, 0.15) is 5.82 Å². The Labute approximate surface area is 134 Å². The summed E-state index contributed by atoms with van der Waals surface area (Å²) in [5, 5.41) is 8.35. The molecule has 3 nitrogen and oxygen atoms in total. The normalized spacial score (nSPS) is 16.6. The predicted octanol–water partition coefficient (Wildman–Crippen LogP) is 4.18. The molecule has 1 aliphatic rings. The van der Waals surface area contributed by atoms with E-state index in [2.05, 4.69) is 58.7 Å². The highest BCUT2D eigenvalue weighted by molar-refractivity contribution is 7.98. The average molecular weight is 307 g/mol. The monoisotopic (exact) mass is 307 g/mol. The van der Waals surface area contributed by atoms with Crippen LogP contribution < -0.4 is 0 Å². The number of thioether (sulfide) groups is 1. The second-order valence-electron chi connectivity index (χ2n) is 5.57. The van der Waals surface area contributed by atoms with Crippen LogP contribution in [0.4, 0.5) is 0 Å². The zero-order chi connectivity index (χ0) is 14.8. The Bertz CT molecular complexity index is 767. The first-order valence-electron chi connectivity index (χ1n) is 7.57. The minimum atomic E-state index is 0.370. The van der Waals surface area contributed by atoms with Crippen molar-refractivity contribution in [3.63, 3.8) is 0 Å². The Morgan fingerprint density at radius 2 is 1.86 bits per heavy atom. The topological polar surface area (TPSA) is 41.6 Å². The molecule has 0 spiro atoms. The number of aryl methyl sites for hydroxylation is 1. The Hall–Kier alpha value is -2.07. The molecule has 0 saturated heterocycles. The molecular formula is C18H17N3S. The molecule has 0 aliphatic heterocycles. The second kappa shape index (κ2) is 5.97. The van der Waals surface area contributed by atoms with Gasteiger partial charge in [-0.25, -0.2) is 4.98 Å². The molecule has 1 aliphatic carbocycles. The van der Waals surface area contributed by atoms with Crippen LogP contribution in [0, 0.1) is 0 Å². The largest absolute Gasteiger partial charge is 0.262 e. The first kappa shape index (κ1) is 13.6. The van der Waals surface area contributed by atoms with Crippen molar-refractivity contribution in [2.24, 2.45) is 0 Å². The molecule has 22 heavy (non-hydrogen) atoms. The average Bonchev–Trinajstić information content (AvgIpc) is 3.20. The molecule has 1 heterocycles. The lowest BCUT2D eigenvalue weighted by atomic mass is 10.0. The lowest BCUT2D eigenvalue weighted by molar-refractivity contribution is 0.732. The third kappa shape index (κ3) is 2.66. The van der Waals surface area contributed by atoms with Crippen molar-refractivity contribution < 1.29 is 0 Å². The highest BCUT2D eigenvalue weighted by Gasteiger charge is 2.26. The van der Waals surface area contributed by atoms with E-state index in [9.17, 15) is 0 Å². The fourth-order valence-corrected chi connectivity index (χ4v) is 3.80. The van der Waals surface area contributed by atoms with Crippen LogP contribution in [0.3, 0.4) is 0 Å². The van der Waals surface area contributed by atoms with Crippen LogP contribution in [-0.2, 0) is 12.2 Å². The van der Waals surface area contributed by atoms with E-state index in [1.165, 1.54) is 16.7 Å². The van der Waals surface area contributed by atoms with Crippen LogP contribution in [0.5, 0.6) is 0 Å². The summed E-state index contributed by atoms with van der Waals surface area (Å²) in [4.78, 5) is 4.70. The van der Waals surface area contributed by atoms with Crippen LogP contribution in [0.25, 0.3) is 0 Å². The lowest BCUT2D eigenvalue weighted by Gasteiger charge is -2.06. The van der Waals surface area contributed by atoms with Crippen molar-refractivity contribution in [1.82, 2.24) is 15.2 Å². The number of hydrogen-bond acceptors (Lipinski definition) is 3. The van der Waals surface area contributed by atoms with Crippen LogP contribution in [-0.4, -0.2) is 15.2 Å². The maximum Gasteiger partial charge on any atom is 0.208 e. The molecule has 1 unspecified atom stereocenters. The summed E-state index contributed by atoms with van der Waals surface area (Å²) in [6.45, 7) is 0. The van der Waals surface area contributed by atoms with Crippen molar-refractivity contribution in [2.75, 3.05) is 0 Å². The molecule has 3 aromatic rings. The third-order valence-electron chi connectivity index (χ3n) is 4.16. The summed E-state index contributed by atoms with van der Waals surface area (Å²) in [6.07, 6.45) is 2.26. The molecule has 4 rings (SSSR count). The number of fused-ring (bicyclic) bond motifs is 1. The molecular weight excluding hydrogens is 290 g/mol. The summed E-state index contributed by atoms with van der Waals surface area (Å²) in [7, 11) is 0. The summed E-state index contributed by atoms with van der Waals surface area (Å²) in [6, 6.07) is 19.1. The number of nitrogens with one attached hydrogen (secondary N) is 1. The number of aromatic amines is 1. The molecule has 4 heteroatoms. The first-order chi connectivity index (χ1) is 10.9. The molecule has 110 valence electrons. The van der Waals surface area contributed by atoms with Crippen molar-refractivity contribution in [3.8, 4) is 0 Å². The zero-order valence-corrected chi connectivity index (χ0v) is 13.0. The third-order valence-corrected chi connectivity index (χ3v) is 5.07. The van der Waals surface area contributed by atoms with Gasteiger partial charge in [0, 0.05) is 11.7 Å². The van der Waals surface area contributed by atoms with E-state index in [1.54, 1.807) is 11.8 Å². The van der Waals surface area contributed by atoms with Crippen LogP contribution in [0.1, 0.15) is 34.9 Å². The summed E-state index contributed by atoms with van der Waals surface area (Å²) >= 11 is 1.68. The van der Waals surface area contributed by atoms with E-state index in [4.69, 9.17) is 4.98 Å². The standard InChI is InChI=1S/C18H17N3S/c1-2-6-13(7-3-1)12-22-18-19-17(20-21-18)16-11-10-14-8-4-5-9-15(14)16/h1-9,16H,10-12H2,(H,19,20,21). The molecule has 0 saturated carbocycles. The molecule has 0 bridgehead atoms. The maximum atomic E-state index is 4.70. The number of benzene rings is 2. The molecule has 1 N–H and O–H groups in total. The molecule has 1 aromatic heterocycles. The Morgan fingerprint density at radius 3 is 2.77 bits per heavy atom. The number of H-pyrrole nitrogens is 1. The highest BCUT2D eigenvalue weighted by Crippen LogP contribution is 2.36. The summed E-state index contributed by atoms with van der Waals surface area (Å²) in [5.74, 6) is 2.27. The van der Waals surface area contributed by atoms with Crippen molar-refractivity contribution >= 4 is 11.8 Å². The van der Waals surface area contributed by atoms with E-state index < -0.39 is 0 Å². The van der Waals surface area contributed by atoms with Gasteiger partial charge in [-0.3, -0.25) is 5.10 Å². The minimum absolute atomic E-state index is 0.370. The van der Waals surface area contributed by atoms with Gasteiger partial charge < -0.3 is 0 Å². The van der Waals surface area contributed by atoms with Crippen LogP contribution >= 0.6 is 11.8 Å². The van der Waals surface area contributed by atoms with Gasteiger partial charge in [0.25, 0.3) is 0 Å². The summed E-state index contributed by atoms with van der Waals surface area (Å²) in [5.41, 5.74) is 4.14. The second-order valence-corrected chi connectivity index (χ2v) is 6.51.